The summed E-state index contributed by atoms with van der Waals surface area (Å²) in [5, 5.41) is 9.70. The standard InChI is InChI=1S/C20H18ClNO2/c1-14-2-8-17(9-3-14)22-18(11-13-20(23)24)10-12-19(22)15-4-6-16(21)7-5-15/h2-10,12H,11,13H2,1H3,(H,23,24). The molecule has 3 nitrogen and oxygen atoms in total. The molecule has 0 atom stereocenters. The Kier molecular flexibility index (Phi) is 4.72. The summed E-state index contributed by atoms with van der Waals surface area (Å²) in [5.74, 6) is -0.792. The van der Waals surface area contributed by atoms with Crippen molar-refractivity contribution in [2.75, 3.05) is 0 Å². The van der Waals surface area contributed by atoms with Gasteiger partial charge in [0.25, 0.3) is 0 Å². The minimum atomic E-state index is -0.792. The Morgan fingerprint density at radius 1 is 1.00 bits per heavy atom. The van der Waals surface area contributed by atoms with E-state index in [-0.39, 0.29) is 6.42 Å². The SMILES string of the molecule is Cc1ccc(-n2c(CCC(=O)O)ccc2-c2ccc(Cl)cc2)cc1. The molecule has 1 heterocycles. The number of aromatic nitrogens is 1. The van der Waals surface area contributed by atoms with Crippen LogP contribution in [0.25, 0.3) is 16.9 Å². The maximum atomic E-state index is 11.0. The Balaban J connectivity index is 2.09. The largest absolute Gasteiger partial charge is 0.481 e. The first-order valence-electron chi connectivity index (χ1n) is 7.80. The van der Waals surface area contributed by atoms with Crippen LogP contribution in [0.3, 0.4) is 0 Å². The summed E-state index contributed by atoms with van der Waals surface area (Å²) >= 11 is 5.99. The number of carboxylic acids is 1. The molecule has 0 unspecified atom stereocenters. The van der Waals surface area contributed by atoms with Gasteiger partial charge in [-0.2, -0.15) is 0 Å². The second kappa shape index (κ2) is 6.93. The van der Waals surface area contributed by atoms with Gasteiger partial charge in [-0.25, -0.2) is 0 Å². The molecule has 122 valence electrons. The molecule has 1 aromatic heterocycles. The van der Waals surface area contributed by atoms with Gasteiger partial charge in [-0.15, -0.1) is 0 Å². The van der Waals surface area contributed by atoms with Crippen LogP contribution in [0.15, 0.2) is 60.7 Å². The Bertz CT molecular complexity index is 848. The highest BCUT2D eigenvalue weighted by atomic mass is 35.5. The minimum absolute atomic E-state index is 0.107. The first kappa shape index (κ1) is 16.3. The maximum absolute atomic E-state index is 11.0. The van der Waals surface area contributed by atoms with Crippen molar-refractivity contribution < 1.29 is 9.90 Å². The fourth-order valence-electron chi connectivity index (χ4n) is 2.75. The lowest BCUT2D eigenvalue weighted by Gasteiger charge is -2.14. The Labute approximate surface area is 146 Å². The molecular formula is C20H18ClNO2. The number of halogens is 1. The van der Waals surface area contributed by atoms with Gasteiger partial charge >= 0.3 is 5.97 Å². The molecule has 0 radical (unpaired) electrons. The Morgan fingerprint density at radius 3 is 2.29 bits per heavy atom. The quantitative estimate of drug-likeness (QED) is 0.700. The average Bonchev–Trinajstić information content (AvgIpc) is 2.98. The van der Waals surface area contributed by atoms with Crippen molar-refractivity contribution in [1.82, 2.24) is 4.57 Å². The molecule has 3 rings (SSSR count). The number of hydrogen-bond acceptors (Lipinski definition) is 1. The number of carbonyl (C=O) groups is 1. The lowest BCUT2D eigenvalue weighted by molar-refractivity contribution is -0.136. The predicted molar refractivity (Wildman–Crippen MR) is 96.9 cm³/mol. The van der Waals surface area contributed by atoms with Crippen molar-refractivity contribution in [3.8, 4) is 16.9 Å². The molecule has 0 aliphatic carbocycles. The van der Waals surface area contributed by atoms with E-state index >= 15 is 0 Å². The van der Waals surface area contributed by atoms with Crippen molar-refractivity contribution in [2.45, 2.75) is 19.8 Å². The molecule has 24 heavy (non-hydrogen) atoms. The van der Waals surface area contributed by atoms with Crippen LogP contribution in [0.2, 0.25) is 5.02 Å². The van der Waals surface area contributed by atoms with Gasteiger partial charge in [0, 0.05) is 16.4 Å². The number of aliphatic carboxylic acids is 1. The van der Waals surface area contributed by atoms with Crippen LogP contribution < -0.4 is 0 Å². The number of carboxylic acid groups (broad SMARTS) is 1. The van der Waals surface area contributed by atoms with E-state index in [1.54, 1.807) is 0 Å². The van der Waals surface area contributed by atoms with Crippen LogP contribution in [-0.4, -0.2) is 15.6 Å². The molecule has 0 bridgehead atoms. The van der Waals surface area contributed by atoms with Crippen molar-refractivity contribution in [3.63, 3.8) is 0 Å². The van der Waals surface area contributed by atoms with E-state index in [4.69, 9.17) is 16.7 Å². The third-order valence-electron chi connectivity index (χ3n) is 3.99. The summed E-state index contributed by atoms with van der Waals surface area (Å²) in [5.41, 5.74) is 5.26. The number of nitrogens with zero attached hydrogens (tertiary/aromatic N) is 1. The second-order valence-electron chi connectivity index (χ2n) is 5.78. The van der Waals surface area contributed by atoms with Crippen LogP contribution in [0, 0.1) is 6.92 Å². The van der Waals surface area contributed by atoms with Crippen LogP contribution in [0.4, 0.5) is 0 Å². The summed E-state index contributed by atoms with van der Waals surface area (Å²) in [6, 6.07) is 19.9. The van der Waals surface area contributed by atoms with Gasteiger partial charge in [0.15, 0.2) is 0 Å². The Hall–Kier alpha value is -2.52. The smallest absolute Gasteiger partial charge is 0.303 e. The van der Waals surface area contributed by atoms with Gasteiger partial charge in [0.05, 0.1) is 12.1 Å². The molecule has 0 fully saturated rings. The molecule has 4 heteroatoms. The normalized spacial score (nSPS) is 10.8. The predicted octanol–water partition coefficient (Wildman–Crippen LogP) is 5.12. The molecular weight excluding hydrogens is 322 g/mol. The third kappa shape index (κ3) is 3.52. The third-order valence-corrected chi connectivity index (χ3v) is 4.24. The zero-order valence-corrected chi connectivity index (χ0v) is 14.1. The highest BCUT2D eigenvalue weighted by Gasteiger charge is 2.13. The Morgan fingerprint density at radius 2 is 1.67 bits per heavy atom. The summed E-state index contributed by atoms with van der Waals surface area (Å²) in [6.07, 6.45) is 0.590. The highest BCUT2D eigenvalue weighted by Crippen LogP contribution is 2.28. The fourth-order valence-corrected chi connectivity index (χ4v) is 2.88. The van der Waals surface area contributed by atoms with Gasteiger partial charge < -0.3 is 9.67 Å². The van der Waals surface area contributed by atoms with E-state index in [2.05, 4.69) is 28.8 Å². The number of benzene rings is 2. The van der Waals surface area contributed by atoms with E-state index in [1.165, 1.54) is 5.56 Å². The summed E-state index contributed by atoms with van der Waals surface area (Å²) < 4.78 is 2.12. The van der Waals surface area contributed by atoms with E-state index in [9.17, 15) is 4.79 Å². The monoisotopic (exact) mass is 339 g/mol. The average molecular weight is 340 g/mol. The molecule has 0 amide bonds. The molecule has 3 aromatic rings. The first-order chi connectivity index (χ1) is 11.5. The minimum Gasteiger partial charge on any atom is -0.481 e. The van der Waals surface area contributed by atoms with Gasteiger partial charge in [-0.1, -0.05) is 41.4 Å². The molecule has 0 saturated heterocycles. The van der Waals surface area contributed by atoms with Crippen molar-refractivity contribution in [2.24, 2.45) is 0 Å². The maximum Gasteiger partial charge on any atom is 0.303 e. The molecule has 2 aromatic carbocycles. The number of hydrogen-bond donors (Lipinski definition) is 1. The number of aryl methyl sites for hydroxylation is 2. The molecule has 0 aliphatic heterocycles. The zero-order valence-electron chi connectivity index (χ0n) is 13.4. The van der Waals surface area contributed by atoms with Crippen LogP contribution in [0.1, 0.15) is 17.7 Å². The van der Waals surface area contributed by atoms with Gasteiger partial charge in [0.2, 0.25) is 0 Å². The summed E-state index contributed by atoms with van der Waals surface area (Å²) in [7, 11) is 0. The zero-order chi connectivity index (χ0) is 17.1. The second-order valence-corrected chi connectivity index (χ2v) is 6.22. The topological polar surface area (TPSA) is 42.2 Å². The molecule has 0 saturated carbocycles. The van der Waals surface area contributed by atoms with Gasteiger partial charge in [-0.05, 0) is 55.3 Å². The first-order valence-corrected chi connectivity index (χ1v) is 8.18. The van der Waals surface area contributed by atoms with E-state index in [1.807, 2.05) is 43.3 Å². The van der Waals surface area contributed by atoms with Crippen molar-refractivity contribution >= 4 is 17.6 Å². The summed E-state index contributed by atoms with van der Waals surface area (Å²) in [4.78, 5) is 11.0. The highest BCUT2D eigenvalue weighted by molar-refractivity contribution is 6.30. The van der Waals surface area contributed by atoms with Gasteiger partial charge in [0.1, 0.15) is 0 Å². The molecule has 0 aliphatic rings. The van der Waals surface area contributed by atoms with Crippen LogP contribution in [-0.2, 0) is 11.2 Å². The van der Waals surface area contributed by atoms with E-state index < -0.39 is 5.97 Å². The van der Waals surface area contributed by atoms with Gasteiger partial charge in [-0.3, -0.25) is 4.79 Å². The van der Waals surface area contributed by atoms with Crippen LogP contribution in [0.5, 0.6) is 0 Å². The lowest BCUT2D eigenvalue weighted by Crippen LogP contribution is -2.05. The van der Waals surface area contributed by atoms with Crippen molar-refractivity contribution in [1.29, 1.82) is 0 Å². The van der Waals surface area contributed by atoms with E-state index in [0.717, 1.165) is 22.6 Å². The molecule has 1 N–H and O–H groups in total. The van der Waals surface area contributed by atoms with Crippen LogP contribution >= 0.6 is 11.6 Å². The number of rotatable bonds is 5. The van der Waals surface area contributed by atoms with Crippen molar-refractivity contribution in [3.05, 3.63) is 76.9 Å². The van der Waals surface area contributed by atoms with E-state index in [0.29, 0.717) is 11.4 Å². The summed E-state index contributed by atoms with van der Waals surface area (Å²) in [6.45, 7) is 2.05. The molecule has 0 spiro atoms. The fraction of sp³-hybridized carbons (Fsp3) is 0.150. The lowest BCUT2D eigenvalue weighted by atomic mass is 10.1.